The third-order valence-electron chi connectivity index (χ3n) is 3.88. The van der Waals surface area contributed by atoms with E-state index in [1.54, 1.807) is 13.8 Å². The summed E-state index contributed by atoms with van der Waals surface area (Å²) in [5.74, 6) is -3.21. The smallest absolute Gasteiger partial charge is 0.448 e. The van der Waals surface area contributed by atoms with Gasteiger partial charge in [0, 0.05) is 4.88 Å². The summed E-state index contributed by atoms with van der Waals surface area (Å²) in [4.78, 5) is 36.9. The number of hydrogen-bond acceptors (Lipinski definition) is 7. The first-order valence-corrected chi connectivity index (χ1v) is 9.69. The average molecular weight is 494 g/mol. The SMILES string of the molecule is CCOC(=O)[C@](NC(=O)Nc1sc(C)c(CC)c1C(=O)OC)(OCC(F)(F)F)C(F)(F)F. The van der Waals surface area contributed by atoms with Gasteiger partial charge in [0.1, 0.15) is 11.6 Å². The average Bonchev–Trinajstić information content (AvgIpc) is 2.97. The first-order valence-electron chi connectivity index (χ1n) is 8.87. The lowest BCUT2D eigenvalue weighted by Crippen LogP contribution is -2.67. The molecule has 0 aromatic carbocycles. The number of aryl methyl sites for hydroxylation is 1. The monoisotopic (exact) mass is 494 g/mol. The fourth-order valence-corrected chi connectivity index (χ4v) is 3.67. The first kappa shape index (κ1) is 27.5. The number of amides is 2. The molecule has 1 atom stereocenters. The normalized spacial score (nSPS) is 13.8. The van der Waals surface area contributed by atoms with Crippen LogP contribution in [-0.2, 0) is 25.4 Å². The quantitative estimate of drug-likeness (QED) is 0.323. The van der Waals surface area contributed by atoms with Crippen molar-refractivity contribution in [2.24, 2.45) is 0 Å². The van der Waals surface area contributed by atoms with Crippen LogP contribution >= 0.6 is 11.3 Å². The van der Waals surface area contributed by atoms with Gasteiger partial charge in [-0.15, -0.1) is 11.3 Å². The molecule has 1 aromatic rings. The third kappa shape index (κ3) is 6.25. The maximum absolute atomic E-state index is 13.7. The van der Waals surface area contributed by atoms with Crippen LogP contribution in [0.5, 0.6) is 0 Å². The van der Waals surface area contributed by atoms with Gasteiger partial charge in [-0.05, 0) is 25.8 Å². The predicted octanol–water partition coefficient (Wildman–Crippen LogP) is 3.93. The Morgan fingerprint density at radius 3 is 2.09 bits per heavy atom. The Labute approximate surface area is 182 Å². The van der Waals surface area contributed by atoms with E-state index >= 15 is 0 Å². The number of ether oxygens (including phenoxy) is 3. The molecular weight excluding hydrogens is 474 g/mol. The second-order valence-electron chi connectivity index (χ2n) is 6.07. The van der Waals surface area contributed by atoms with E-state index in [0.29, 0.717) is 16.9 Å². The summed E-state index contributed by atoms with van der Waals surface area (Å²) in [7, 11) is 1.04. The topological polar surface area (TPSA) is 103 Å². The highest BCUT2D eigenvalue weighted by Gasteiger charge is 2.66. The maximum atomic E-state index is 13.7. The Bertz CT molecular complexity index is 854. The van der Waals surface area contributed by atoms with Crippen molar-refractivity contribution in [2.45, 2.75) is 45.3 Å². The second-order valence-corrected chi connectivity index (χ2v) is 7.29. The summed E-state index contributed by atoms with van der Waals surface area (Å²) in [5.41, 5.74) is -4.16. The molecule has 1 heterocycles. The highest BCUT2D eigenvalue weighted by molar-refractivity contribution is 7.16. The molecule has 0 saturated carbocycles. The number of esters is 2. The van der Waals surface area contributed by atoms with Gasteiger partial charge in [0.15, 0.2) is 0 Å². The van der Waals surface area contributed by atoms with Crippen molar-refractivity contribution in [3.63, 3.8) is 0 Å². The van der Waals surface area contributed by atoms with E-state index < -0.39 is 49.3 Å². The molecule has 0 aliphatic rings. The number of halogens is 6. The standard InChI is InChI=1S/C17H20F6N2O6S/c1-5-9-8(3)32-11(10(9)12(26)29-4)24-14(28)25-16(17(21,22)23,13(27)30-6-2)31-7-15(18,19)20/h5-7H2,1-4H3,(H2,24,25,28)/t16-/m0/s1. The Hall–Kier alpha value is -2.55. The van der Waals surface area contributed by atoms with Crippen molar-refractivity contribution in [3.05, 3.63) is 16.0 Å². The van der Waals surface area contributed by atoms with Crippen LogP contribution in [0.2, 0.25) is 0 Å². The fraction of sp³-hybridized carbons (Fsp3) is 0.588. The van der Waals surface area contributed by atoms with E-state index in [2.05, 4.69) is 14.2 Å². The van der Waals surface area contributed by atoms with Gasteiger partial charge in [-0.1, -0.05) is 6.92 Å². The number of alkyl halides is 6. The minimum atomic E-state index is -5.84. The molecule has 1 aromatic heterocycles. The van der Waals surface area contributed by atoms with Crippen LogP contribution in [0.1, 0.15) is 34.6 Å². The lowest BCUT2D eigenvalue weighted by Gasteiger charge is -2.33. The van der Waals surface area contributed by atoms with Gasteiger partial charge in [0.25, 0.3) is 0 Å². The molecule has 8 nitrogen and oxygen atoms in total. The minimum absolute atomic E-state index is 0.141. The number of rotatable bonds is 8. The van der Waals surface area contributed by atoms with Crippen LogP contribution in [0.4, 0.5) is 36.1 Å². The minimum Gasteiger partial charge on any atom is -0.465 e. The highest BCUT2D eigenvalue weighted by Crippen LogP contribution is 2.36. The van der Waals surface area contributed by atoms with Crippen molar-refractivity contribution in [1.82, 2.24) is 5.32 Å². The van der Waals surface area contributed by atoms with Crippen molar-refractivity contribution in [2.75, 3.05) is 25.6 Å². The number of thiophene rings is 1. The molecule has 0 saturated heterocycles. The van der Waals surface area contributed by atoms with Crippen LogP contribution in [0, 0.1) is 6.92 Å². The van der Waals surface area contributed by atoms with E-state index in [9.17, 15) is 40.7 Å². The summed E-state index contributed by atoms with van der Waals surface area (Å²) in [6.45, 7) is 1.19. The van der Waals surface area contributed by atoms with E-state index in [0.717, 1.165) is 30.7 Å². The van der Waals surface area contributed by atoms with E-state index in [-0.39, 0.29) is 10.6 Å². The van der Waals surface area contributed by atoms with Crippen molar-refractivity contribution in [3.8, 4) is 0 Å². The summed E-state index contributed by atoms with van der Waals surface area (Å²) in [6, 6.07) is -1.77. The molecule has 0 radical (unpaired) electrons. The lowest BCUT2D eigenvalue weighted by atomic mass is 10.1. The Morgan fingerprint density at radius 2 is 1.66 bits per heavy atom. The second kappa shape index (κ2) is 10.4. The van der Waals surface area contributed by atoms with E-state index in [1.807, 2.05) is 5.32 Å². The number of anilines is 1. The van der Waals surface area contributed by atoms with Crippen molar-refractivity contribution < 1.29 is 54.9 Å². The van der Waals surface area contributed by atoms with Crippen LogP contribution in [0.3, 0.4) is 0 Å². The number of carbonyl (C=O) groups is 3. The molecule has 0 spiro atoms. The van der Waals surface area contributed by atoms with Gasteiger partial charge < -0.3 is 14.2 Å². The molecule has 0 fully saturated rings. The predicted molar refractivity (Wildman–Crippen MR) is 99.4 cm³/mol. The molecule has 15 heteroatoms. The van der Waals surface area contributed by atoms with Crippen LogP contribution in [0.25, 0.3) is 0 Å². The number of urea groups is 1. The van der Waals surface area contributed by atoms with Crippen molar-refractivity contribution >= 4 is 34.3 Å². The van der Waals surface area contributed by atoms with E-state index in [1.165, 1.54) is 0 Å². The molecule has 2 N–H and O–H groups in total. The number of nitrogens with one attached hydrogen (secondary N) is 2. The maximum Gasteiger partial charge on any atom is 0.448 e. The summed E-state index contributed by atoms with van der Waals surface area (Å²) < 4.78 is 91.4. The largest absolute Gasteiger partial charge is 0.465 e. The number of hydrogen-bond donors (Lipinski definition) is 2. The van der Waals surface area contributed by atoms with Gasteiger partial charge in [0.05, 0.1) is 19.3 Å². The van der Waals surface area contributed by atoms with Gasteiger partial charge in [-0.2, -0.15) is 26.3 Å². The zero-order valence-electron chi connectivity index (χ0n) is 17.2. The summed E-state index contributed by atoms with van der Waals surface area (Å²) >= 11 is 0.816. The lowest BCUT2D eigenvalue weighted by molar-refractivity contribution is -0.305. The Morgan fingerprint density at radius 1 is 1.06 bits per heavy atom. The zero-order chi connectivity index (χ0) is 24.9. The Kier molecular flexibility index (Phi) is 8.91. The molecule has 182 valence electrons. The molecule has 0 unspecified atom stereocenters. The summed E-state index contributed by atoms with van der Waals surface area (Å²) in [6.07, 6.45) is -10.8. The van der Waals surface area contributed by atoms with Gasteiger partial charge in [-0.25, -0.2) is 14.4 Å². The molecule has 0 aliphatic carbocycles. The van der Waals surface area contributed by atoms with Crippen LogP contribution in [-0.4, -0.2) is 56.4 Å². The van der Waals surface area contributed by atoms with Gasteiger partial charge >= 0.3 is 36.0 Å². The molecule has 1 rings (SSSR count). The van der Waals surface area contributed by atoms with Gasteiger partial charge in [0.2, 0.25) is 0 Å². The molecule has 32 heavy (non-hydrogen) atoms. The molecular formula is C17H20F6N2O6S. The zero-order valence-corrected chi connectivity index (χ0v) is 18.1. The van der Waals surface area contributed by atoms with Crippen molar-refractivity contribution in [1.29, 1.82) is 0 Å². The molecule has 0 bridgehead atoms. The van der Waals surface area contributed by atoms with Gasteiger partial charge in [-0.3, -0.25) is 10.6 Å². The molecule has 0 aliphatic heterocycles. The van der Waals surface area contributed by atoms with Crippen LogP contribution < -0.4 is 10.6 Å². The van der Waals surface area contributed by atoms with Crippen LogP contribution in [0.15, 0.2) is 0 Å². The number of carbonyl (C=O) groups excluding carboxylic acids is 3. The fourth-order valence-electron chi connectivity index (χ4n) is 2.54. The van der Waals surface area contributed by atoms with E-state index in [4.69, 9.17) is 0 Å². The first-order chi connectivity index (χ1) is 14.6. The third-order valence-corrected chi connectivity index (χ3v) is 4.95. The molecule has 2 amide bonds. The number of methoxy groups -OCH3 is 1. The summed E-state index contributed by atoms with van der Waals surface area (Å²) in [5, 5.41) is 2.79. The highest BCUT2D eigenvalue weighted by atomic mass is 32.1. The Balaban J connectivity index is 3.38.